The van der Waals surface area contributed by atoms with E-state index in [2.05, 4.69) is 25.9 Å². The number of aromatic amines is 1. The predicted molar refractivity (Wildman–Crippen MR) is 76.1 cm³/mol. The Morgan fingerprint density at radius 3 is 3.11 bits per heavy atom. The van der Waals surface area contributed by atoms with Gasteiger partial charge in [0.25, 0.3) is 0 Å². The smallest absolute Gasteiger partial charge is 0.160 e. The topological polar surface area (TPSA) is 44.8 Å². The van der Waals surface area contributed by atoms with Gasteiger partial charge in [0, 0.05) is 23.5 Å². The van der Waals surface area contributed by atoms with Gasteiger partial charge in [0.05, 0.1) is 5.52 Å². The number of hydrogen-bond acceptors (Lipinski definition) is 3. The van der Waals surface area contributed by atoms with Gasteiger partial charge in [-0.15, -0.1) is 0 Å². The Labute approximate surface area is 115 Å². The monoisotopic (exact) mass is 270 g/mol. The highest BCUT2D eigenvalue weighted by molar-refractivity contribution is 6.31. The Hall–Kier alpha value is -2.07. The van der Waals surface area contributed by atoms with Crippen LogP contribution >= 0.6 is 11.6 Å². The maximum Gasteiger partial charge on any atom is 0.160 e. The second kappa shape index (κ2) is 3.96. The minimum absolute atomic E-state index is 0.752. The van der Waals surface area contributed by atoms with Gasteiger partial charge in [0.1, 0.15) is 11.8 Å². The molecule has 0 amide bonds. The number of nitrogens with zero attached hydrogens (tertiary/aromatic N) is 3. The van der Waals surface area contributed by atoms with E-state index in [9.17, 15) is 0 Å². The SMILES string of the molecule is Clc1ccc2c(c1)N(c1ncnc3cc[nH]c13)CC2. The van der Waals surface area contributed by atoms with Gasteiger partial charge in [0.15, 0.2) is 5.82 Å². The predicted octanol–water partition coefficient (Wildman–Crippen LogP) is 3.31. The molecule has 4 rings (SSSR count). The van der Waals surface area contributed by atoms with Gasteiger partial charge in [0.2, 0.25) is 0 Å². The number of nitrogens with one attached hydrogen (secondary N) is 1. The summed E-state index contributed by atoms with van der Waals surface area (Å²) in [7, 11) is 0. The summed E-state index contributed by atoms with van der Waals surface area (Å²) in [5, 5.41) is 0.752. The average molecular weight is 271 g/mol. The van der Waals surface area contributed by atoms with Crippen molar-refractivity contribution in [3.63, 3.8) is 0 Å². The van der Waals surface area contributed by atoms with E-state index >= 15 is 0 Å². The molecule has 0 saturated heterocycles. The fourth-order valence-electron chi connectivity index (χ4n) is 2.64. The van der Waals surface area contributed by atoms with Crippen molar-refractivity contribution in [1.29, 1.82) is 0 Å². The van der Waals surface area contributed by atoms with Gasteiger partial charge in [-0.3, -0.25) is 0 Å². The van der Waals surface area contributed by atoms with Crippen molar-refractivity contribution in [3.05, 3.63) is 47.4 Å². The summed E-state index contributed by atoms with van der Waals surface area (Å²) in [6, 6.07) is 7.98. The number of benzene rings is 1. The molecule has 0 fully saturated rings. The highest BCUT2D eigenvalue weighted by Gasteiger charge is 2.23. The number of hydrogen-bond donors (Lipinski definition) is 1. The Morgan fingerprint density at radius 1 is 1.21 bits per heavy atom. The molecule has 0 radical (unpaired) electrons. The van der Waals surface area contributed by atoms with Crippen LogP contribution < -0.4 is 4.90 Å². The van der Waals surface area contributed by atoms with Crippen LogP contribution in [0.5, 0.6) is 0 Å². The van der Waals surface area contributed by atoms with Gasteiger partial charge in [-0.05, 0) is 30.2 Å². The Balaban J connectivity index is 1.91. The Kier molecular flexibility index (Phi) is 2.26. The Bertz CT molecular complexity index is 765. The highest BCUT2D eigenvalue weighted by atomic mass is 35.5. The molecule has 1 aromatic carbocycles. The molecular formula is C14H11ClN4. The quantitative estimate of drug-likeness (QED) is 0.738. The van der Waals surface area contributed by atoms with Crippen molar-refractivity contribution >= 4 is 34.1 Å². The van der Waals surface area contributed by atoms with Crippen molar-refractivity contribution in [2.45, 2.75) is 6.42 Å². The molecule has 0 atom stereocenters. The summed E-state index contributed by atoms with van der Waals surface area (Å²) < 4.78 is 0. The summed E-state index contributed by atoms with van der Waals surface area (Å²) in [5.74, 6) is 0.913. The molecule has 3 aromatic rings. The van der Waals surface area contributed by atoms with Gasteiger partial charge in [-0.25, -0.2) is 9.97 Å². The number of fused-ring (bicyclic) bond motifs is 2. The first-order valence-electron chi connectivity index (χ1n) is 6.17. The first-order valence-corrected chi connectivity index (χ1v) is 6.55. The third kappa shape index (κ3) is 1.60. The zero-order valence-corrected chi connectivity index (χ0v) is 10.9. The van der Waals surface area contributed by atoms with Crippen LogP contribution in [0.2, 0.25) is 5.02 Å². The standard InChI is InChI=1S/C14H11ClN4/c15-10-2-1-9-4-6-19(12(9)7-10)14-13-11(3-5-16-13)17-8-18-14/h1-3,5,7-8,16H,4,6H2. The second-order valence-corrected chi connectivity index (χ2v) is 5.05. The number of H-pyrrole nitrogens is 1. The summed E-state index contributed by atoms with van der Waals surface area (Å²) in [5.41, 5.74) is 4.35. The van der Waals surface area contributed by atoms with E-state index in [0.29, 0.717) is 0 Å². The fraction of sp³-hybridized carbons (Fsp3) is 0.143. The fourth-order valence-corrected chi connectivity index (χ4v) is 2.80. The summed E-state index contributed by atoms with van der Waals surface area (Å²) >= 11 is 6.11. The first-order chi connectivity index (χ1) is 9.33. The van der Waals surface area contributed by atoms with Crippen LogP contribution in [0.1, 0.15) is 5.56 Å². The van der Waals surface area contributed by atoms with Gasteiger partial charge >= 0.3 is 0 Å². The third-order valence-electron chi connectivity index (χ3n) is 3.52. The zero-order chi connectivity index (χ0) is 12.8. The van der Waals surface area contributed by atoms with Crippen molar-refractivity contribution < 1.29 is 0 Å². The second-order valence-electron chi connectivity index (χ2n) is 4.61. The molecule has 0 aliphatic carbocycles. The number of halogens is 1. The van der Waals surface area contributed by atoms with Gasteiger partial charge in [-0.2, -0.15) is 0 Å². The lowest BCUT2D eigenvalue weighted by Gasteiger charge is -2.18. The van der Waals surface area contributed by atoms with Crippen molar-refractivity contribution in [1.82, 2.24) is 15.0 Å². The van der Waals surface area contributed by atoms with Crippen LogP contribution in [-0.4, -0.2) is 21.5 Å². The summed E-state index contributed by atoms with van der Waals surface area (Å²) in [6.07, 6.45) is 4.50. The van der Waals surface area contributed by atoms with Crippen LogP contribution in [0.4, 0.5) is 11.5 Å². The number of anilines is 2. The Morgan fingerprint density at radius 2 is 2.16 bits per heavy atom. The van der Waals surface area contributed by atoms with Crippen LogP contribution in [0, 0.1) is 0 Å². The van der Waals surface area contributed by atoms with E-state index in [-0.39, 0.29) is 0 Å². The van der Waals surface area contributed by atoms with E-state index in [4.69, 9.17) is 11.6 Å². The van der Waals surface area contributed by atoms with E-state index in [1.54, 1.807) is 6.33 Å². The molecule has 1 aliphatic heterocycles. The van der Waals surface area contributed by atoms with Gasteiger partial charge < -0.3 is 9.88 Å². The zero-order valence-electron chi connectivity index (χ0n) is 10.1. The lowest BCUT2D eigenvalue weighted by molar-refractivity contribution is 0.972. The van der Waals surface area contributed by atoms with Gasteiger partial charge in [-0.1, -0.05) is 17.7 Å². The summed E-state index contributed by atoms with van der Waals surface area (Å²) in [4.78, 5) is 14.1. The molecule has 3 heterocycles. The first kappa shape index (κ1) is 10.8. The van der Waals surface area contributed by atoms with Crippen LogP contribution in [0.3, 0.4) is 0 Å². The highest BCUT2D eigenvalue weighted by Crippen LogP contribution is 2.37. The van der Waals surface area contributed by atoms with Crippen LogP contribution in [-0.2, 0) is 6.42 Å². The van der Waals surface area contributed by atoms with E-state index in [1.165, 1.54) is 5.56 Å². The van der Waals surface area contributed by atoms with Crippen molar-refractivity contribution in [2.75, 3.05) is 11.4 Å². The normalized spacial score (nSPS) is 14.1. The molecule has 0 unspecified atom stereocenters. The van der Waals surface area contributed by atoms with E-state index in [1.807, 2.05) is 24.4 Å². The van der Waals surface area contributed by atoms with Crippen molar-refractivity contribution in [3.8, 4) is 0 Å². The molecule has 19 heavy (non-hydrogen) atoms. The minimum atomic E-state index is 0.752. The lowest BCUT2D eigenvalue weighted by atomic mass is 10.2. The van der Waals surface area contributed by atoms with Crippen LogP contribution in [0.25, 0.3) is 11.0 Å². The summed E-state index contributed by atoms with van der Waals surface area (Å²) in [6.45, 7) is 0.917. The van der Waals surface area contributed by atoms with Crippen LogP contribution in [0.15, 0.2) is 36.8 Å². The maximum atomic E-state index is 6.11. The lowest BCUT2D eigenvalue weighted by Crippen LogP contribution is -2.15. The molecular weight excluding hydrogens is 260 g/mol. The molecule has 4 nitrogen and oxygen atoms in total. The molecule has 5 heteroatoms. The average Bonchev–Trinajstić information content (AvgIpc) is 3.03. The molecule has 0 spiro atoms. The molecule has 2 aromatic heterocycles. The molecule has 94 valence electrons. The number of aromatic nitrogens is 3. The molecule has 0 bridgehead atoms. The van der Waals surface area contributed by atoms with Crippen molar-refractivity contribution in [2.24, 2.45) is 0 Å². The molecule has 1 N–H and O–H groups in total. The largest absolute Gasteiger partial charge is 0.357 e. The van der Waals surface area contributed by atoms with E-state index in [0.717, 1.165) is 40.5 Å². The van der Waals surface area contributed by atoms with E-state index < -0.39 is 0 Å². The minimum Gasteiger partial charge on any atom is -0.357 e. The number of rotatable bonds is 1. The maximum absolute atomic E-state index is 6.11. The third-order valence-corrected chi connectivity index (χ3v) is 3.76. The molecule has 1 aliphatic rings. The molecule has 0 saturated carbocycles.